The molecule has 0 bridgehead atoms. The van der Waals surface area contributed by atoms with Crippen molar-refractivity contribution >= 4 is 15.6 Å². The normalized spacial score (nSPS) is 13.4. The summed E-state index contributed by atoms with van der Waals surface area (Å²) in [4.78, 5) is 11.8. The molecule has 1 aromatic carbocycles. The molecule has 0 heterocycles. The number of hydrogen-bond acceptors (Lipinski definition) is 4. The molecule has 0 aliphatic carbocycles. The van der Waals surface area contributed by atoms with Gasteiger partial charge >= 0.3 is 0 Å². The highest BCUT2D eigenvalue weighted by molar-refractivity contribution is 7.92. The largest absolute Gasteiger partial charge is 0.395 e. The van der Waals surface area contributed by atoms with Crippen LogP contribution in [-0.4, -0.2) is 36.9 Å². The Hall–Kier alpha value is -1.27. The molecule has 17 heavy (non-hydrogen) atoms. The summed E-state index contributed by atoms with van der Waals surface area (Å²) in [7, 11) is -3.69. The maximum Gasteiger partial charge on any atom is 0.183 e. The van der Waals surface area contributed by atoms with Crippen molar-refractivity contribution in [3.63, 3.8) is 0 Å². The van der Waals surface area contributed by atoms with E-state index in [2.05, 4.69) is 0 Å². The number of sulfone groups is 1. The number of halogens is 1. The number of ketones is 1. The Morgan fingerprint density at radius 2 is 2.12 bits per heavy atom. The molecule has 0 aromatic heterocycles. The topological polar surface area (TPSA) is 71.4 Å². The zero-order chi connectivity index (χ0) is 13.1. The van der Waals surface area contributed by atoms with Crippen LogP contribution in [0, 0.1) is 5.82 Å². The molecular weight excluding hydrogens is 247 g/mol. The van der Waals surface area contributed by atoms with E-state index in [1.165, 1.54) is 19.1 Å². The van der Waals surface area contributed by atoms with E-state index in [1.54, 1.807) is 0 Å². The molecule has 94 valence electrons. The highest BCUT2D eigenvalue weighted by Crippen LogP contribution is 2.12. The maximum absolute atomic E-state index is 12.9. The average Bonchev–Trinajstić information content (AvgIpc) is 2.29. The number of Topliss-reactive ketones (excluding diaryl/α,β-unsaturated/α-hetero) is 1. The van der Waals surface area contributed by atoms with Crippen LogP contribution in [0.4, 0.5) is 4.39 Å². The quantitative estimate of drug-likeness (QED) is 0.795. The molecule has 1 aromatic rings. The maximum atomic E-state index is 12.9. The summed E-state index contributed by atoms with van der Waals surface area (Å²) in [5, 5.41) is 7.48. The van der Waals surface area contributed by atoms with Crippen molar-refractivity contribution in [2.24, 2.45) is 0 Å². The van der Waals surface area contributed by atoms with E-state index < -0.39 is 33.3 Å². The molecule has 6 heteroatoms. The second kappa shape index (κ2) is 5.37. The molecule has 0 saturated carbocycles. The molecule has 0 radical (unpaired) electrons. The van der Waals surface area contributed by atoms with E-state index in [1.807, 2.05) is 0 Å². The molecule has 0 fully saturated rings. The summed E-state index contributed by atoms with van der Waals surface area (Å²) in [6, 6.07) is 4.74. The molecule has 1 atom stereocenters. The van der Waals surface area contributed by atoms with Crippen LogP contribution in [0.3, 0.4) is 0 Å². The third-order valence-corrected chi connectivity index (χ3v) is 4.44. The van der Waals surface area contributed by atoms with Crippen LogP contribution in [0.1, 0.15) is 17.3 Å². The third kappa shape index (κ3) is 3.10. The van der Waals surface area contributed by atoms with Gasteiger partial charge in [0.05, 0.1) is 6.61 Å². The van der Waals surface area contributed by atoms with Gasteiger partial charge in [0, 0.05) is 11.3 Å². The lowest BCUT2D eigenvalue weighted by Gasteiger charge is -2.12. The van der Waals surface area contributed by atoms with Crippen LogP contribution in [0.5, 0.6) is 0 Å². The number of rotatable bonds is 5. The van der Waals surface area contributed by atoms with Crippen molar-refractivity contribution in [3.8, 4) is 0 Å². The Balaban J connectivity index is 3.11. The minimum atomic E-state index is -3.69. The molecule has 0 aliphatic rings. The van der Waals surface area contributed by atoms with Crippen LogP contribution in [0.2, 0.25) is 0 Å². The minimum Gasteiger partial charge on any atom is -0.395 e. The Labute approximate surface area is 99.0 Å². The summed E-state index contributed by atoms with van der Waals surface area (Å²) in [5.41, 5.74) is -0.0546. The van der Waals surface area contributed by atoms with Crippen molar-refractivity contribution < 1.29 is 22.7 Å². The van der Waals surface area contributed by atoms with Gasteiger partial charge in [0.25, 0.3) is 0 Å². The van der Waals surface area contributed by atoms with Crippen molar-refractivity contribution in [3.05, 3.63) is 35.6 Å². The lowest BCUT2D eigenvalue weighted by Crippen LogP contribution is -2.35. The molecule has 0 aliphatic heterocycles. The molecular formula is C11H13FO4S. The Bertz CT molecular complexity index is 510. The van der Waals surface area contributed by atoms with Gasteiger partial charge in [-0.15, -0.1) is 0 Å². The molecule has 1 rings (SSSR count). The third-order valence-electron chi connectivity index (χ3n) is 2.40. The monoisotopic (exact) mass is 260 g/mol. The number of carbonyl (C=O) groups is 1. The Kier molecular flexibility index (Phi) is 4.36. The van der Waals surface area contributed by atoms with Gasteiger partial charge in [-0.25, -0.2) is 12.8 Å². The van der Waals surface area contributed by atoms with Gasteiger partial charge in [-0.05, 0) is 12.1 Å². The van der Waals surface area contributed by atoms with Crippen molar-refractivity contribution in [2.45, 2.75) is 12.2 Å². The zero-order valence-corrected chi connectivity index (χ0v) is 10.1. The molecule has 0 spiro atoms. The molecule has 0 amide bonds. The molecule has 4 nitrogen and oxygen atoms in total. The molecule has 0 saturated heterocycles. The summed E-state index contributed by atoms with van der Waals surface area (Å²) in [6.45, 7) is 0.586. The van der Waals surface area contributed by atoms with Gasteiger partial charge in [0.15, 0.2) is 15.6 Å². The van der Waals surface area contributed by atoms with Crippen LogP contribution in [0.25, 0.3) is 0 Å². The molecule has 1 N–H and O–H groups in total. The number of carbonyl (C=O) groups excluding carboxylic acids is 1. The first-order valence-corrected chi connectivity index (χ1v) is 6.76. The van der Waals surface area contributed by atoms with Crippen molar-refractivity contribution in [2.75, 3.05) is 12.4 Å². The summed E-state index contributed by atoms with van der Waals surface area (Å²) in [5.74, 6) is -1.66. The second-order valence-electron chi connectivity index (χ2n) is 3.50. The lowest BCUT2D eigenvalue weighted by molar-refractivity contribution is 0.0961. The van der Waals surface area contributed by atoms with Gasteiger partial charge in [-0.1, -0.05) is 19.1 Å². The van der Waals surface area contributed by atoms with Crippen LogP contribution in [0.15, 0.2) is 24.3 Å². The SMILES string of the molecule is CCS(=O)(=O)C(CO)C(=O)c1cccc(F)c1. The number of benzene rings is 1. The number of aliphatic hydroxyl groups excluding tert-OH is 1. The summed E-state index contributed by atoms with van der Waals surface area (Å²) >= 11 is 0. The smallest absolute Gasteiger partial charge is 0.183 e. The van der Waals surface area contributed by atoms with E-state index in [-0.39, 0.29) is 11.3 Å². The van der Waals surface area contributed by atoms with Crippen LogP contribution < -0.4 is 0 Å². The predicted molar refractivity (Wildman–Crippen MR) is 61.1 cm³/mol. The number of aliphatic hydroxyl groups is 1. The van der Waals surface area contributed by atoms with Gasteiger partial charge in [-0.2, -0.15) is 0 Å². The number of hydrogen-bond donors (Lipinski definition) is 1. The Morgan fingerprint density at radius 3 is 2.59 bits per heavy atom. The van der Waals surface area contributed by atoms with E-state index in [0.29, 0.717) is 0 Å². The fraction of sp³-hybridized carbons (Fsp3) is 0.364. The van der Waals surface area contributed by atoms with Gasteiger partial charge < -0.3 is 5.11 Å². The highest BCUT2D eigenvalue weighted by atomic mass is 32.2. The minimum absolute atomic E-state index is 0.0546. The van der Waals surface area contributed by atoms with E-state index in [4.69, 9.17) is 5.11 Å². The Morgan fingerprint density at radius 1 is 1.47 bits per heavy atom. The van der Waals surface area contributed by atoms with Crippen molar-refractivity contribution in [1.29, 1.82) is 0 Å². The van der Waals surface area contributed by atoms with Gasteiger partial charge in [-0.3, -0.25) is 4.79 Å². The lowest BCUT2D eigenvalue weighted by atomic mass is 10.1. The fourth-order valence-electron chi connectivity index (χ4n) is 1.39. The first kappa shape index (κ1) is 13.8. The first-order valence-electron chi connectivity index (χ1n) is 5.04. The van der Waals surface area contributed by atoms with Gasteiger partial charge in [0.2, 0.25) is 0 Å². The highest BCUT2D eigenvalue weighted by Gasteiger charge is 2.31. The second-order valence-corrected chi connectivity index (χ2v) is 5.97. The fourth-order valence-corrected chi connectivity index (χ4v) is 2.48. The van der Waals surface area contributed by atoms with Crippen LogP contribution in [-0.2, 0) is 9.84 Å². The van der Waals surface area contributed by atoms with Gasteiger partial charge in [0.1, 0.15) is 11.1 Å². The predicted octanol–water partition coefficient (Wildman–Crippen LogP) is 0.804. The summed E-state index contributed by atoms with van der Waals surface area (Å²) in [6.07, 6.45) is 0. The zero-order valence-electron chi connectivity index (χ0n) is 9.26. The first-order chi connectivity index (χ1) is 7.92. The molecule has 1 unspecified atom stereocenters. The van der Waals surface area contributed by atoms with E-state index in [9.17, 15) is 17.6 Å². The van der Waals surface area contributed by atoms with E-state index in [0.717, 1.165) is 12.1 Å². The van der Waals surface area contributed by atoms with Crippen LogP contribution >= 0.6 is 0 Å². The van der Waals surface area contributed by atoms with E-state index >= 15 is 0 Å². The standard InChI is InChI=1S/C11H13FO4S/c1-2-17(15,16)10(7-13)11(14)8-4-3-5-9(12)6-8/h3-6,10,13H,2,7H2,1H3. The summed E-state index contributed by atoms with van der Waals surface area (Å²) < 4.78 is 36.0. The average molecular weight is 260 g/mol. The van der Waals surface area contributed by atoms with Crippen molar-refractivity contribution in [1.82, 2.24) is 0 Å².